The first-order chi connectivity index (χ1) is 11.6. The number of carbonyl (C=O) groups is 1. The van der Waals surface area contributed by atoms with Gasteiger partial charge in [-0.15, -0.1) is 11.8 Å². The number of hydrogen-bond acceptors (Lipinski definition) is 3. The Labute approximate surface area is 143 Å². The molecule has 0 unspecified atom stereocenters. The number of amides is 1. The van der Waals surface area contributed by atoms with Gasteiger partial charge in [0.2, 0.25) is 5.91 Å². The van der Waals surface area contributed by atoms with E-state index in [2.05, 4.69) is 10.4 Å². The predicted molar refractivity (Wildman–Crippen MR) is 90.1 cm³/mol. The van der Waals surface area contributed by atoms with Crippen LogP contribution in [-0.4, -0.2) is 21.4 Å². The lowest BCUT2D eigenvalue weighted by atomic mass is 9.96. The molecule has 1 aromatic carbocycles. The van der Waals surface area contributed by atoms with Gasteiger partial charge in [-0.25, -0.2) is 13.5 Å². The van der Waals surface area contributed by atoms with Crippen molar-refractivity contribution in [2.24, 2.45) is 0 Å². The fourth-order valence-electron chi connectivity index (χ4n) is 2.92. The van der Waals surface area contributed by atoms with E-state index in [-0.39, 0.29) is 11.7 Å². The zero-order chi connectivity index (χ0) is 16.9. The summed E-state index contributed by atoms with van der Waals surface area (Å²) < 4.78 is 28.0. The molecule has 1 aliphatic carbocycles. The van der Waals surface area contributed by atoms with Crippen molar-refractivity contribution in [2.75, 3.05) is 11.1 Å². The van der Waals surface area contributed by atoms with Crippen LogP contribution in [0.2, 0.25) is 0 Å². The van der Waals surface area contributed by atoms with Gasteiger partial charge in [0.1, 0.15) is 5.82 Å². The largest absolute Gasteiger partial charge is 0.310 e. The molecule has 0 radical (unpaired) electrons. The number of thioether (sulfide) groups is 1. The van der Waals surface area contributed by atoms with Crippen LogP contribution in [-0.2, 0) is 4.79 Å². The lowest BCUT2D eigenvalue weighted by molar-refractivity contribution is -0.113. The second-order valence-corrected chi connectivity index (χ2v) is 6.91. The highest BCUT2D eigenvalue weighted by atomic mass is 32.2. The first kappa shape index (κ1) is 17.0. The highest BCUT2D eigenvalue weighted by Gasteiger charge is 2.19. The summed E-state index contributed by atoms with van der Waals surface area (Å²) in [4.78, 5) is 12.6. The number of anilines is 1. The maximum Gasteiger partial charge on any atom is 0.235 e. The van der Waals surface area contributed by atoms with Crippen molar-refractivity contribution in [3.8, 4) is 0 Å². The second-order valence-electron chi connectivity index (χ2n) is 5.87. The average molecular weight is 351 g/mol. The molecule has 1 heterocycles. The average Bonchev–Trinajstić information content (AvgIpc) is 3.05. The van der Waals surface area contributed by atoms with Gasteiger partial charge in [0.25, 0.3) is 0 Å². The normalized spacial score (nSPS) is 15.4. The Morgan fingerprint density at radius 1 is 1.21 bits per heavy atom. The Hall–Kier alpha value is -1.89. The third-order valence-corrected chi connectivity index (χ3v) is 5.11. The number of hydrogen-bond donors (Lipinski definition) is 1. The minimum Gasteiger partial charge on any atom is -0.310 e. The number of aromatic nitrogens is 2. The summed E-state index contributed by atoms with van der Waals surface area (Å²) in [6, 6.07) is 5.74. The Morgan fingerprint density at radius 2 is 2.00 bits per heavy atom. The lowest BCUT2D eigenvalue weighted by Crippen LogP contribution is -2.21. The summed E-state index contributed by atoms with van der Waals surface area (Å²) in [5.41, 5.74) is 0. The number of rotatable bonds is 5. The summed E-state index contributed by atoms with van der Waals surface area (Å²) in [6.45, 7) is 0. The van der Waals surface area contributed by atoms with E-state index in [1.165, 1.54) is 37.1 Å². The molecule has 0 atom stereocenters. The molecule has 1 saturated carbocycles. The van der Waals surface area contributed by atoms with Gasteiger partial charge in [-0.2, -0.15) is 5.10 Å². The van der Waals surface area contributed by atoms with Gasteiger partial charge in [0.15, 0.2) is 11.6 Å². The highest BCUT2D eigenvalue weighted by Crippen LogP contribution is 2.30. The van der Waals surface area contributed by atoms with Gasteiger partial charge in [0.05, 0.1) is 18.0 Å². The van der Waals surface area contributed by atoms with Crippen LogP contribution in [0.25, 0.3) is 0 Å². The van der Waals surface area contributed by atoms with Crippen molar-refractivity contribution in [2.45, 2.75) is 43.0 Å². The zero-order valence-electron chi connectivity index (χ0n) is 13.2. The number of nitrogens with one attached hydrogen (secondary N) is 1. The summed E-state index contributed by atoms with van der Waals surface area (Å²) in [5, 5.41) is 7.19. The molecule has 128 valence electrons. The maximum atomic E-state index is 13.2. The van der Waals surface area contributed by atoms with Crippen molar-refractivity contribution >= 4 is 23.5 Å². The van der Waals surface area contributed by atoms with Crippen molar-refractivity contribution in [3.05, 3.63) is 42.1 Å². The molecule has 1 aliphatic rings. The van der Waals surface area contributed by atoms with Crippen LogP contribution in [0.1, 0.15) is 38.1 Å². The quantitative estimate of drug-likeness (QED) is 0.812. The first-order valence-electron chi connectivity index (χ1n) is 8.04. The second kappa shape index (κ2) is 7.79. The van der Waals surface area contributed by atoms with Gasteiger partial charge in [-0.05, 0) is 31.0 Å². The molecule has 0 aliphatic heterocycles. The molecule has 2 aromatic rings. The zero-order valence-corrected chi connectivity index (χ0v) is 14.0. The van der Waals surface area contributed by atoms with E-state index < -0.39 is 11.6 Å². The molecule has 1 N–H and O–H groups in total. The van der Waals surface area contributed by atoms with Crippen LogP contribution in [0.4, 0.5) is 14.6 Å². The van der Waals surface area contributed by atoms with Crippen molar-refractivity contribution in [3.63, 3.8) is 0 Å². The predicted octanol–water partition coefficient (Wildman–Crippen LogP) is 4.40. The van der Waals surface area contributed by atoms with Gasteiger partial charge in [0, 0.05) is 11.0 Å². The fourth-order valence-corrected chi connectivity index (χ4v) is 3.65. The number of nitrogens with zero attached hydrogens (tertiary/aromatic N) is 2. The Bertz CT molecular complexity index is 714. The first-order valence-corrected chi connectivity index (χ1v) is 9.03. The molecule has 1 fully saturated rings. The van der Waals surface area contributed by atoms with Crippen molar-refractivity contribution in [1.82, 2.24) is 9.78 Å². The van der Waals surface area contributed by atoms with Crippen LogP contribution < -0.4 is 5.32 Å². The molecule has 3 rings (SSSR count). The molecule has 7 heteroatoms. The monoisotopic (exact) mass is 351 g/mol. The number of carbonyl (C=O) groups excluding carboxylic acids is 1. The highest BCUT2D eigenvalue weighted by molar-refractivity contribution is 8.00. The van der Waals surface area contributed by atoms with E-state index in [4.69, 9.17) is 0 Å². The molecule has 0 spiro atoms. The van der Waals surface area contributed by atoms with Crippen LogP contribution >= 0.6 is 11.8 Å². The summed E-state index contributed by atoms with van der Waals surface area (Å²) in [7, 11) is 0. The van der Waals surface area contributed by atoms with E-state index in [1.807, 2.05) is 4.68 Å². The molecular weight excluding hydrogens is 332 g/mol. The molecule has 1 amide bonds. The summed E-state index contributed by atoms with van der Waals surface area (Å²) >= 11 is 1.17. The summed E-state index contributed by atoms with van der Waals surface area (Å²) in [5.74, 6) is -1.17. The smallest absolute Gasteiger partial charge is 0.235 e. The summed E-state index contributed by atoms with van der Waals surface area (Å²) in [6.07, 6.45) is 7.47. The van der Waals surface area contributed by atoms with E-state index in [0.29, 0.717) is 16.8 Å². The molecule has 4 nitrogen and oxygen atoms in total. The van der Waals surface area contributed by atoms with Gasteiger partial charge >= 0.3 is 0 Å². The minimum atomic E-state index is -0.907. The van der Waals surface area contributed by atoms with Gasteiger partial charge < -0.3 is 5.32 Å². The minimum absolute atomic E-state index is 0.126. The SMILES string of the molecule is O=C(CSc1ccc(F)c(F)c1)Nc1ccnn1C1CCCCC1. The van der Waals surface area contributed by atoms with E-state index in [1.54, 1.807) is 12.3 Å². The van der Waals surface area contributed by atoms with Crippen LogP contribution in [0.5, 0.6) is 0 Å². The van der Waals surface area contributed by atoms with Gasteiger partial charge in [-0.3, -0.25) is 4.79 Å². The number of halogens is 2. The van der Waals surface area contributed by atoms with E-state index in [0.717, 1.165) is 25.0 Å². The van der Waals surface area contributed by atoms with Crippen molar-refractivity contribution in [1.29, 1.82) is 0 Å². The fraction of sp³-hybridized carbons (Fsp3) is 0.412. The van der Waals surface area contributed by atoms with Gasteiger partial charge in [-0.1, -0.05) is 19.3 Å². The molecule has 1 aromatic heterocycles. The van der Waals surface area contributed by atoms with Crippen LogP contribution in [0, 0.1) is 11.6 Å². The molecule has 0 saturated heterocycles. The maximum absolute atomic E-state index is 13.2. The standard InChI is InChI=1S/C17H19F2N3OS/c18-14-7-6-13(10-15(14)19)24-11-17(23)21-16-8-9-20-22(16)12-4-2-1-3-5-12/h6-10,12H,1-5,11H2,(H,21,23). The van der Waals surface area contributed by atoms with E-state index in [9.17, 15) is 13.6 Å². The van der Waals surface area contributed by atoms with Crippen LogP contribution in [0.3, 0.4) is 0 Å². The Kier molecular flexibility index (Phi) is 5.50. The Morgan fingerprint density at radius 3 is 2.75 bits per heavy atom. The topological polar surface area (TPSA) is 46.9 Å². The van der Waals surface area contributed by atoms with Crippen molar-refractivity contribution < 1.29 is 13.6 Å². The Balaban J connectivity index is 1.57. The third kappa shape index (κ3) is 4.14. The number of benzene rings is 1. The third-order valence-electron chi connectivity index (χ3n) is 4.12. The molecule has 24 heavy (non-hydrogen) atoms. The molecular formula is C17H19F2N3OS. The molecule has 0 bridgehead atoms. The van der Waals surface area contributed by atoms with E-state index >= 15 is 0 Å². The van der Waals surface area contributed by atoms with Crippen LogP contribution in [0.15, 0.2) is 35.4 Å². The lowest BCUT2D eigenvalue weighted by Gasteiger charge is -2.23.